The first-order valence-electron chi connectivity index (χ1n) is 20.6. The van der Waals surface area contributed by atoms with Crippen LogP contribution in [0.2, 0.25) is 0 Å². The first-order valence-corrected chi connectivity index (χ1v) is 22.0. The van der Waals surface area contributed by atoms with Gasteiger partial charge < -0.3 is 0 Å². The van der Waals surface area contributed by atoms with Gasteiger partial charge in [-0.05, 0) is 42.9 Å². The van der Waals surface area contributed by atoms with Crippen molar-refractivity contribution in [1.29, 1.82) is 0 Å². The zero-order chi connectivity index (χ0) is 33.4. The predicted molar refractivity (Wildman–Crippen MR) is 209 cm³/mol. The van der Waals surface area contributed by atoms with Crippen molar-refractivity contribution in [2.24, 2.45) is 0 Å². The molecule has 0 spiro atoms. The third-order valence-electron chi connectivity index (χ3n) is 10.1. The van der Waals surface area contributed by atoms with E-state index in [-0.39, 0.29) is 34.5 Å². The summed E-state index contributed by atoms with van der Waals surface area (Å²) in [6.07, 6.45) is 44.7. The number of aryl methyl sites for hydroxylation is 1. The van der Waals surface area contributed by atoms with Crippen molar-refractivity contribution < 1.29 is 13.0 Å². The molecule has 0 fully saturated rings. The zero-order valence-electron chi connectivity index (χ0n) is 31.9. The van der Waals surface area contributed by atoms with Crippen molar-refractivity contribution >= 4 is 39.7 Å². The van der Waals surface area contributed by atoms with E-state index in [0.717, 1.165) is 43.2 Å². The molecule has 1 radical (unpaired) electrons. The fourth-order valence-corrected chi connectivity index (χ4v) is 7.88. The average molecular weight is 686 g/mol. The van der Waals surface area contributed by atoms with Gasteiger partial charge in [0.15, 0.2) is 0 Å². The third-order valence-corrected chi connectivity index (χ3v) is 11.0. The van der Waals surface area contributed by atoms with Gasteiger partial charge in [-0.25, -0.2) is 0 Å². The largest absolute Gasteiger partial charge is 0.294 e. The maximum absolute atomic E-state index is 12.2. The van der Waals surface area contributed by atoms with E-state index in [2.05, 4.69) is 19.9 Å². The molecule has 1 aromatic rings. The molecule has 0 aliphatic carbocycles. The van der Waals surface area contributed by atoms with Crippen LogP contribution in [0.25, 0.3) is 0 Å². The van der Waals surface area contributed by atoms with Gasteiger partial charge >= 0.3 is 0 Å². The van der Waals surface area contributed by atoms with Crippen LogP contribution < -0.4 is 0 Å². The van der Waals surface area contributed by atoms with E-state index in [0.29, 0.717) is 0 Å². The summed E-state index contributed by atoms with van der Waals surface area (Å²) in [6.45, 7) is 4.57. The maximum Gasteiger partial charge on any atom is 0.294 e. The van der Waals surface area contributed by atoms with E-state index in [1.165, 1.54) is 186 Å². The van der Waals surface area contributed by atoms with Crippen molar-refractivity contribution in [2.75, 3.05) is 0 Å². The summed E-state index contributed by atoms with van der Waals surface area (Å²) in [5, 5.41) is 0. The van der Waals surface area contributed by atoms with Crippen LogP contribution in [-0.4, -0.2) is 42.5 Å². The number of benzene rings is 1. The third kappa shape index (κ3) is 28.5. The fraction of sp³-hybridized carbons (Fsp3) is 0.857. The van der Waals surface area contributed by atoms with Gasteiger partial charge in [0, 0.05) is 29.6 Å². The van der Waals surface area contributed by atoms with E-state index < -0.39 is 10.1 Å². The molecule has 0 aliphatic heterocycles. The molecule has 0 atom stereocenters. The molecule has 271 valence electrons. The van der Waals surface area contributed by atoms with Crippen LogP contribution in [0.5, 0.6) is 0 Å². The van der Waals surface area contributed by atoms with Gasteiger partial charge in [-0.2, -0.15) is 8.42 Å². The smallest absolute Gasteiger partial charge is 0.282 e. The van der Waals surface area contributed by atoms with Crippen molar-refractivity contribution in [3.8, 4) is 0 Å². The molecular weight excluding hydrogens is 608 g/mol. The summed E-state index contributed by atoms with van der Waals surface area (Å²) in [5.41, 5.74) is 2.00. The average Bonchev–Trinajstić information content (AvgIpc) is 3.04. The first-order chi connectivity index (χ1) is 22.5. The summed E-state index contributed by atoms with van der Waals surface area (Å²) < 4.78 is 34.2. The number of unbranched alkanes of at least 4 members (excludes halogenated alkanes) is 30. The van der Waals surface area contributed by atoms with Crippen LogP contribution in [-0.2, 0) is 23.0 Å². The molecule has 3 nitrogen and oxygen atoms in total. The monoisotopic (exact) mass is 686 g/mol. The minimum Gasteiger partial charge on any atom is -0.282 e. The van der Waals surface area contributed by atoms with Crippen LogP contribution in [0.15, 0.2) is 23.1 Å². The molecule has 0 heterocycles. The van der Waals surface area contributed by atoms with E-state index >= 15 is 0 Å². The fourth-order valence-electron chi connectivity index (χ4n) is 7.08. The molecule has 0 amide bonds. The van der Waals surface area contributed by atoms with Crippen molar-refractivity contribution in [1.82, 2.24) is 0 Å². The van der Waals surface area contributed by atoms with Gasteiger partial charge in [-0.1, -0.05) is 219 Å². The van der Waals surface area contributed by atoms with Gasteiger partial charge in [-0.3, -0.25) is 4.55 Å². The van der Waals surface area contributed by atoms with Gasteiger partial charge in [-0.15, -0.1) is 0 Å². The molecule has 0 bridgehead atoms. The van der Waals surface area contributed by atoms with Crippen molar-refractivity contribution in [2.45, 2.75) is 237 Å². The Morgan fingerprint density at radius 2 is 0.702 bits per heavy atom. The normalized spacial score (nSPS) is 11.6. The van der Waals surface area contributed by atoms with Gasteiger partial charge in [0.25, 0.3) is 10.1 Å². The number of hydrogen-bond acceptors (Lipinski definition) is 2. The Balaban J connectivity index is 0.0000212. The zero-order valence-corrected chi connectivity index (χ0v) is 34.8. The quantitative estimate of drug-likeness (QED) is 0.0439. The van der Waals surface area contributed by atoms with E-state index in [1.807, 2.05) is 6.07 Å². The summed E-state index contributed by atoms with van der Waals surface area (Å²) in [5.74, 6) is 0. The second-order valence-corrected chi connectivity index (χ2v) is 15.9. The summed E-state index contributed by atoms with van der Waals surface area (Å²) in [6, 6.07) is 5.48. The molecule has 0 saturated carbocycles. The number of rotatable bonds is 35. The van der Waals surface area contributed by atoms with Gasteiger partial charge in [0.05, 0.1) is 4.90 Å². The van der Waals surface area contributed by atoms with Crippen LogP contribution in [0, 0.1) is 0 Å². The van der Waals surface area contributed by atoms with Crippen LogP contribution in [0.3, 0.4) is 0 Å². The summed E-state index contributed by atoms with van der Waals surface area (Å²) in [7, 11) is -4.19. The van der Waals surface area contributed by atoms with Crippen molar-refractivity contribution in [3.63, 3.8) is 0 Å². The van der Waals surface area contributed by atoms with Gasteiger partial charge in [0.1, 0.15) is 0 Å². The molecule has 0 unspecified atom stereocenters. The molecule has 0 aliphatic rings. The maximum atomic E-state index is 12.2. The summed E-state index contributed by atoms with van der Waals surface area (Å²) in [4.78, 5) is 0.141. The Morgan fingerprint density at radius 3 is 1.00 bits per heavy atom. The van der Waals surface area contributed by atoms with E-state index in [1.54, 1.807) is 6.07 Å². The number of hydrogen-bond donors (Lipinski definition) is 1. The Kier molecular flexibility index (Phi) is 34.7. The molecule has 0 saturated heterocycles. The second-order valence-electron chi connectivity index (χ2n) is 14.5. The molecule has 1 N–H and O–H groups in total. The SMILES string of the molecule is CCCCCCCCCCCCCCCCCCc1cccc(S(=O)(=O)O)c1CCCCCCCCCCCCCCCCCC.[Na]. The predicted octanol–water partition coefficient (Wildman–Crippen LogP) is 14.2. The molecule has 47 heavy (non-hydrogen) atoms. The molecule has 0 aromatic heterocycles. The molecular formula is C42H78NaO3S. The summed E-state index contributed by atoms with van der Waals surface area (Å²) >= 11 is 0. The Bertz CT molecular complexity index is 901. The molecule has 5 heteroatoms. The second kappa shape index (κ2) is 34.6. The van der Waals surface area contributed by atoms with Crippen LogP contribution in [0.1, 0.15) is 230 Å². The Morgan fingerprint density at radius 1 is 0.426 bits per heavy atom. The topological polar surface area (TPSA) is 54.4 Å². The van der Waals surface area contributed by atoms with E-state index in [9.17, 15) is 13.0 Å². The Hall–Kier alpha value is 0.130. The first kappa shape index (κ1) is 47.1. The van der Waals surface area contributed by atoms with Gasteiger partial charge in [0.2, 0.25) is 0 Å². The van der Waals surface area contributed by atoms with E-state index in [4.69, 9.17) is 0 Å². The van der Waals surface area contributed by atoms with Crippen LogP contribution >= 0.6 is 0 Å². The minimum atomic E-state index is -4.19. The standard InChI is InChI=1S/C42H78O3S.Na/c1-3-5-7-9-11-13-15-17-19-21-23-25-27-29-31-33-36-40-37-35-39-42(46(43,44)45)41(40)38-34-32-30-28-26-24-22-20-18-16-14-12-10-8-6-4-2;/h35,37,39H,3-34,36,38H2,1-2H3,(H,43,44,45);. The van der Waals surface area contributed by atoms with Crippen molar-refractivity contribution in [3.05, 3.63) is 29.3 Å². The molecule has 1 aromatic carbocycles. The molecule has 1 rings (SSSR count). The van der Waals surface area contributed by atoms with Crippen LogP contribution in [0.4, 0.5) is 0 Å². The Labute approximate surface area is 317 Å². The minimum absolute atomic E-state index is 0.